The molecule has 1 aliphatic rings. The van der Waals surface area contributed by atoms with Crippen molar-refractivity contribution in [1.29, 1.82) is 0 Å². The summed E-state index contributed by atoms with van der Waals surface area (Å²) in [5, 5.41) is 0.377. The van der Waals surface area contributed by atoms with Gasteiger partial charge in [0.05, 0.1) is 15.9 Å². The largest absolute Gasteiger partial charge is 0.453 e. The molecule has 1 aromatic heterocycles. The van der Waals surface area contributed by atoms with E-state index in [0.717, 1.165) is 11.3 Å². The lowest BCUT2D eigenvalue weighted by Gasteiger charge is -2.32. The minimum absolute atomic E-state index is 0.195. The summed E-state index contributed by atoms with van der Waals surface area (Å²) in [5.41, 5.74) is 0. The Labute approximate surface area is 134 Å². The Hall–Kier alpha value is -0.350. The molecule has 1 saturated heterocycles. The maximum Gasteiger partial charge on any atom is 0.409 e. The van der Waals surface area contributed by atoms with Crippen molar-refractivity contribution in [1.82, 2.24) is 9.21 Å². The van der Waals surface area contributed by atoms with Crippen LogP contribution in [0.15, 0.2) is 14.1 Å². The highest BCUT2D eigenvalue weighted by atomic mass is 79.9. The first kappa shape index (κ1) is 16.0. The number of hydrogen-bond acceptors (Lipinski definition) is 5. The fourth-order valence-corrected chi connectivity index (χ4v) is 5.80. The van der Waals surface area contributed by atoms with E-state index >= 15 is 0 Å². The lowest BCUT2D eigenvalue weighted by molar-refractivity contribution is 0.108. The highest BCUT2D eigenvalue weighted by molar-refractivity contribution is 9.11. The van der Waals surface area contributed by atoms with Gasteiger partial charge >= 0.3 is 6.09 Å². The predicted molar refractivity (Wildman–Crippen MR) is 79.8 cm³/mol. The van der Waals surface area contributed by atoms with Crippen LogP contribution in [0.1, 0.15) is 0 Å². The van der Waals surface area contributed by atoms with Gasteiger partial charge in [-0.1, -0.05) is 11.6 Å². The molecule has 20 heavy (non-hydrogen) atoms. The molecule has 0 aliphatic carbocycles. The smallest absolute Gasteiger partial charge is 0.409 e. The topological polar surface area (TPSA) is 66.9 Å². The minimum atomic E-state index is -3.56. The van der Waals surface area contributed by atoms with Crippen molar-refractivity contribution < 1.29 is 17.9 Å². The standard InChI is InChI=1S/C10H12BrClN2O4S2/c1-18-10(15)13-2-4-14(5-3-13)20(16,17)8-6-7(12)9(11)19-8/h6H,2-5H2,1H3. The van der Waals surface area contributed by atoms with Crippen LogP contribution in [-0.2, 0) is 14.8 Å². The first-order valence-corrected chi connectivity index (χ1v) is 9.07. The van der Waals surface area contributed by atoms with Crippen molar-refractivity contribution in [2.75, 3.05) is 33.3 Å². The molecule has 0 atom stereocenters. The molecule has 0 radical (unpaired) electrons. The first-order chi connectivity index (χ1) is 9.36. The van der Waals surface area contributed by atoms with Crippen LogP contribution in [0.2, 0.25) is 5.02 Å². The first-order valence-electron chi connectivity index (χ1n) is 5.64. The number of thiophene rings is 1. The third kappa shape index (κ3) is 3.11. The van der Waals surface area contributed by atoms with Crippen molar-refractivity contribution in [3.8, 4) is 0 Å². The van der Waals surface area contributed by atoms with Gasteiger partial charge in [0.2, 0.25) is 0 Å². The molecular weight excluding hydrogens is 392 g/mol. The zero-order valence-electron chi connectivity index (χ0n) is 10.5. The molecule has 1 aromatic rings. The predicted octanol–water partition coefficient (Wildman–Crippen LogP) is 2.24. The molecule has 10 heteroatoms. The third-order valence-corrected chi connectivity index (χ3v) is 7.71. The van der Waals surface area contributed by atoms with E-state index in [9.17, 15) is 13.2 Å². The maximum atomic E-state index is 12.4. The van der Waals surface area contributed by atoms with Crippen LogP contribution >= 0.6 is 38.9 Å². The lowest BCUT2D eigenvalue weighted by atomic mass is 10.4. The van der Waals surface area contributed by atoms with E-state index in [0.29, 0.717) is 21.9 Å². The number of carbonyl (C=O) groups is 1. The van der Waals surface area contributed by atoms with Crippen LogP contribution in [0.5, 0.6) is 0 Å². The van der Waals surface area contributed by atoms with Gasteiger partial charge < -0.3 is 9.64 Å². The number of rotatable bonds is 2. The number of amides is 1. The Morgan fingerprint density at radius 3 is 2.45 bits per heavy atom. The number of piperazine rings is 1. The average Bonchev–Trinajstić information content (AvgIpc) is 2.78. The van der Waals surface area contributed by atoms with E-state index in [1.54, 1.807) is 0 Å². The Morgan fingerprint density at radius 1 is 1.40 bits per heavy atom. The van der Waals surface area contributed by atoms with Gasteiger partial charge in [-0.15, -0.1) is 11.3 Å². The SMILES string of the molecule is COC(=O)N1CCN(S(=O)(=O)c2cc(Cl)c(Br)s2)CC1. The minimum Gasteiger partial charge on any atom is -0.453 e. The molecule has 112 valence electrons. The highest BCUT2D eigenvalue weighted by Gasteiger charge is 2.31. The zero-order valence-corrected chi connectivity index (χ0v) is 14.5. The van der Waals surface area contributed by atoms with E-state index < -0.39 is 16.1 Å². The Bertz CT molecular complexity index is 591. The van der Waals surface area contributed by atoms with E-state index in [1.807, 2.05) is 0 Å². The summed E-state index contributed by atoms with van der Waals surface area (Å²) >= 11 is 10.2. The molecule has 1 fully saturated rings. The highest BCUT2D eigenvalue weighted by Crippen LogP contribution is 2.36. The molecule has 2 heterocycles. The lowest BCUT2D eigenvalue weighted by Crippen LogP contribution is -2.50. The quantitative estimate of drug-likeness (QED) is 0.759. The van der Waals surface area contributed by atoms with Gasteiger partial charge in [-0.2, -0.15) is 4.31 Å². The third-order valence-electron chi connectivity index (χ3n) is 2.89. The second kappa shape index (κ2) is 6.18. The van der Waals surface area contributed by atoms with Crippen molar-refractivity contribution >= 4 is 55.0 Å². The molecule has 0 bridgehead atoms. The normalized spacial score (nSPS) is 17.2. The number of hydrogen-bond donors (Lipinski definition) is 0. The van der Waals surface area contributed by atoms with Gasteiger partial charge in [0.15, 0.2) is 0 Å². The second-order valence-corrected chi connectivity index (χ2v) is 8.99. The average molecular weight is 404 g/mol. The summed E-state index contributed by atoms with van der Waals surface area (Å²) in [5.74, 6) is 0. The van der Waals surface area contributed by atoms with Crippen molar-refractivity contribution in [2.24, 2.45) is 0 Å². The van der Waals surface area contributed by atoms with E-state index in [2.05, 4.69) is 20.7 Å². The summed E-state index contributed by atoms with van der Waals surface area (Å²) in [7, 11) is -2.26. The summed E-state index contributed by atoms with van der Waals surface area (Å²) < 4.78 is 31.6. The molecule has 0 N–H and O–H groups in total. The molecule has 2 rings (SSSR count). The van der Waals surface area contributed by atoms with Crippen LogP contribution < -0.4 is 0 Å². The van der Waals surface area contributed by atoms with Gasteiger partial charge in [0, 0.05) is 26.2 Å². The summed E-state index contributed by atoms with van der Waals surface area (Å²) in [4.78, 5) is 12.8. The van der Waals surface area contributed by atoms with Gasteiger partial charge in [-0.25, -0.2) is 13.2 Å². The van der Waals surface area contributed by atoms with Crippen LogP contribution in [0, 0.1) is 0 Å². The molecule has 0 unspecified atom stereocenters. The monoisotopic (exact) mass is 402 g/mol. The molecule has 0 saturated carbocycles. The summed E-state index contributed by atoms with van der Waals surface area (Å²) in [6, 6.07) is 1.43. The number of methoxy groups -OCH3 is 1. The molecule has 0 aromatic carbocycles. The number of nitrogens with zero attached hydrogens (tertiary/aromatic N) is 2. The summed E-state index contributed by atoms with van der Waals surface area (Å²) in [6.45, 7) is 1.10. The Morgan fingerprint density at radius 2 is 2.00 bits per heavy atom. The van der Waals surface area contributed by atoms with Crippen molar-refractivity contribution in [2.45, 2.75) is 4.21 Å². The molecule has 0 spiro atoms. The number of sulfonamides is 1. The zero-order chi connectivity index (χ0) is 14.9. The number of halogens is 2. The second-order valence-electron chi connectivity index (χ2n) is 4.05. The van der Waals surface area contributed by atoms with Crippen LogP contribution in [0.3, 0.4) is 0 Å². The fourth-order valence-electron chi connectivity index (χ4n) is 1.82. The molecule has 6 nitrogen and oxygen atoms in total. The van der Waals surface area contributed by atoms with Gasteiger partial charge in [-0.3, -0.25) is 0 Å². The number of ether oxygens (including phenoxy) is 1. The molecule has 1 amide bonds. The van der Waals surface area contributed by atoms with E-state index in [4.69, 9.17) is 11.6 Å². The van der Waals surface area contributed by atoms with E-state index in [1.165, 1.54) is 22.4 Å². The van der Waals surface area contributed by atoms with Gasteiger partial charge in [0.1, 0.15) is 4.21 Å². The molecular formula is C10H12BrClN2O4S2. The Kier molecular flexibility index (Phi) is 4.96. The summed E-state index contributed by atoms with van der Waals surface area (Å²) in [6.07, 6.45) is -0.441. The molecule has 1 aliphatic heterocycles. The Balaban J connectivity index is 2.11. The van der Waals surface area contributed by atoms with Gasteiger partial charge in [-0.05, 0) is 22.0 Å². The fraction of sp³-hybridized carbons (Fsp3) is 0.500. The van der Waals surface area contributed by atoms with Crippen LogP contribution in [0.25, 0.3) is 0 Å². The van der Waals surface area contributed by atoms with Crippen molar-refractivity contribution in [3.63, 3.8) is 0 Å². The maximum absolute atomic E-state index is 12.4. The van der Waals surface area contributed by atoms with Crippen molar-refractivity contribution in [3.05, 3.63) is 14.9 Å². The number of carbonyl (C=O) groups excluding carboxylic acids is 1. The van der Waals surface area contributed by atoms with Crippen LogP contribution in [0.4, 0.5) is 4.79 Å². The van der Waals surface area contributed by atoms with Crippen LogP contribution in [-0.4, -0.2) is 57.0 Å². The van der Waals surface area contributed by atoms with Gasteiger partial charge in [0.25, 0.3) is 10.0 Å². The van der Waals surface area contributed by atoms with E-state index in [-0.39, 0.29) is 17.3 Å².